The summed E-state index contributed by atoms with van der Waals surface area (Å²) in [5.74, 6) is -0.541. The van der Waals surface area contributed by atoms with Gasteiger partial charge in [0.2, 0.25) is 0 Å². The van der Waals surface area contributed by atoms with Crippen LogP contribution in [0.3, 0.4) is 0 Å². The molecule has 0 aliphatic carbocycles. The number of rotatable bonds is 8. The van der Waals surface area contributed by atoms with Crippen LogP contribution in [0.25, 0.3) is 4.91 Å². The molecule has 0 spiro atoms. The molecule has 7 nitrogen and oxygen atoms in total. The lowest BCUT2D eigenvalue weighted by Gasteiger charge is -2.34. The molecule has 2 amide bonds. The van der Waals surface area contributed by atoms with Crippen molar-refractivity contribution in [2.24, 2.45) is 10.9 Å². The molecule has 0 saturated carbocycles. The first-order valence-corrected chi connectivity index (χ1v) is 13.8. The average Bonchev–Trinajstić information content (AvgIpc) is 3.10. The minimum Gasteiger partial charge on any atom is -0.468 e. The second-order valence-electron chi connectivity index (χ2n) is 8.63. The predicted molar refractivity (Wildman–Crippen MR) is 134 cm³/mol. The number of nitrogens with one attached hydrogen (secondary N) is 2. The van der Waals surface area contributed by atoms with Crippen LogP contribution in [0.15, 0.2) is 35.5 Å². The number of ether oxygens (including phenoxy) is 1. The van der Waals surface area contributed by atoms with Gasteiger partial charge < -0.3 is 20.3 Å². The molecule has 176 valence electrons. The summed E-state index contributed by atoms with van der Waals surface area (Å²) in [4.78, 5) is 32.6. The fourth-order valence-corrected chi connectivity index (χ4v) is 6.86. The molecule has 32 heavy (non-hydrogen) atoms. The van der Waals surface area contributed by atoms with Gasteiger partial charge in [-0.3, -0.25) is 9.79 Å². The summed E-state index contributed by atoms with van der Waals surface area (Å²) in [6.07, 6.45) is 10.7. The summed E-state index contributed by atoms with van der Waals surface area (Å²) in [5, 5.41) is 6.76. The number of piperidine rings is 1. The Hall–Kier alpha value is -2.32. The Bertz CT molecular complexity index is 874. The number of nitrogens with zero attached hydrogens (tertiary/aromatic N) is 2. The van der Waals surface area contributed by atoms with Crippen molar-refractivity contribution in [2.75, 3.05) is 51.1 Å². The Morgan fingerprint density at radius 2 is 1.84 bits per heavy atom. The molecule has 2 aliphatic heterocycles. The minimum atomic E-state index is -1.40. The third-order valence-electron chi connectivity index (χ3n) is 6.16. The van der Waals surface area contributed by atoms with Gasteiger partial charge in [0.05, 0.1) is 12.2 Å². The number of urea groups is 1. The normalized spacial score (nSPS) is 20.0. The highest BCUT2D eigenvalue weighted by molar-refractivity contribution is 8.51. The molecule has 1 aromatic rings. The van der Waals surface area contributed by atoms with E-state index in [-0.39, 0.29) is 17.9 Å². The van der Waals surface area contributed by atoms with Crippen molar-refractivity contribution in [1.82, 2.24) is 10.2 Å². The van der Waals surface area contributed by atoms with Crippen LogP contribution in [0.2, 0.25) is 0 Å². The number of carbonyl (C=O) groups excluding carboxylic acids is 2. The molecule has 0 bridgehead atoms. The van der Waals surface area contributed by atoms with E-state index in [2.05, 4.69) is 33.0 Å². The monoisotopic (exact) mass is 460 g/mol. The molecule has 1 aromatic carbocycles. The zero-order valence-electron chi connectivity index (χ0n) is 19.6. The van der Waals surface area contributed by atoms with E-state index in [1.54, 1.807) is 0 Å². The quantitative estimate of drug-likeness (QED) is 0.568. The maximum absolute atomic E-state index is 12.2. The molecular weight excluding hydrogens is 424 g/mol. The summed E-state index contributed by atoms with van der Waals surface area (Å²) in [6, 6.07) is 7.63. The number of carbonyl (C=O) groups is 2. The van der Waals surface area contributed by atoms with E-state index in [1.165, 1.54) is 26.4 Å². The number of likely N-dealkylation sites (tertiary alicyclic amines) is 1. The standard InChI is InChI=1S/C24H36N4O3S/c1-5-20(23(29)31-2)22-26-17-21(32(22,3)4)18-9-11-19(12-10-18)27-24(30)25-13-16-28-14-7-6-8-15-28/h9-12,17,20H,5-8,13-16H2,1-4H3,(H2,25,27,30). The van der Waals surface area contributed by atoms with Crippen LogP contribution in [-0.4, -0.2) is 67.7 Å². The number of amides is 2. The molecule has 0 radical (unpaired) electrons. The maximum atomic E-state index is 12.2. The first kappa shape index (κ1) is 24.3. The molecule has 0 aromatic heterocycles. The van der Waals surface area contributed by atoms with Gasteiger partial charge in [0.15, 0.2) is 0 Å². The van der Waals surface area contributed by atoms with Gasteiger partial charge in [-0.15, -0.1) is 0 Å². The lowest BCUT2D eigenvalue weighted by Crippen LogP contribution is -2.39. The highest BCUT2D eigenvalue weighted by Crippen LogP contribution is 2.60. The van der Waals surface area contributed by atoms with Crippen molar-refractivity contribution in [3.8, 4) is 0 Å². The lowest BCUT2D eigenvalue weighted by molar-refractivity contribution is -0.143. The average molecular weight is 461 g/mol. The van der Waals surface area contributed by atoms with Gasteiger partial charge >= 0.3 is 12.0 Å². The first-order valence-electron chi connectivity index (χ1n) is 11.3. The van der Waals surface area contributed by atoms with Crippen molar-refractivity contribution in [2.45, 2.75) is 32.6 Å². The molecule has 1 fully saturated rings. The summed E-state index contributed by atoms with van der Waals surface area (Å²) >= 11 is 0. The van der Waals surface area contributed by atoms with Crippen LogP contribution in [0.5, 0.6) is 0 Å². The highest BCUT2D eigenvalue weighted by atomic mass is 32.3. The number of methoxy groups -OCH3 is 1. The highest BCUT2D eigenvalue weighted by Gasteiger charge is 2.37. The third kappa shape index (κ3) is 5.72. The van der Waals surface area contributed by atoms with Crippen molar-refractivity contribution in [3.05, 3.63) is 36.0 Å². The second-order valence-corrected chi connectivity index (χ2v) is 12.1. The zero-order valence-corrected chi connectivity index (χ0v) is 20.5. The van der Waals surface area contributed by atoms with E-state index in [0.717, 1.165) is 40.8 Å². The number of hydrogen-bond donors (Lipinski definition) is 2. The van der Waals surface area contributed by atoms with E-state index in [9.17, 15) is 9.59 Å². The lowest BCUT2D eigenvalue weighted by atomic mass is 10.1. The molecule has 2 heterocycles. The zero-order chi connectivity index (χ0) is 23.1. The molecular formula is C24H36N4O3S. The molecule has 1 unspecified atom stereocenters. The summed E-state index contributed by atoms with van der Waals surface area (Å²) < 4.78 is 4.99. The van der Waals surface area contributed by atoms with Gasteiger partial charge in [-0.25, -0.2) is 4.79 Å². The van der Waals surface area contributed by atoms with Gasteiger partial charge in [0.25, 0.3) is 0 Å². The minimum absolute atomic E-state index is 0.185. The van der Waals surface area contributed by atoms with Crippen molar-refractivity contribution in [1.29, 1.82) is 0 Å². The van der Waals surface area contributed by atoms with Crippen LogP contribution >= 0.6 is 10.0 Å². The number of anilines is 1. The number of esters is 1. The summed E-state index contributed by atoms with van der Waals surface area (Å²) in [6.45, 7) is 5.78. The molecule has 1 saturated heterocycles. The Morgan fingerprint density at radius 3 is 2.47 bits per heavy atom. The molecule has 8 heteroatoms. The van der Waals surface area contributed by atoms with Gasteiger partial charge in [-0.2, -0.15) is 10.0 Å². The largest absolute Gasteiger partial charge is 0.468 e. The van der Waals surface area contributed by atoms with E-state index < -0.39 is 10.0 Å². The van der Waals surface area contributed by atoms with Crippen LogP contribution in [0.1, 0.15) is 38.2 Å². The van der Waals surface area contributed by atoms with E-state index in [4.69, 9.17) is 4.74 Å². The van der Waals surface area contributed by atoms with E-state index >= 15 is 0 Å². The van der Waals surface area contributed by atoms with Gasteiger partial charge in [0, 0.05) is 29.9 Å². The molecule has 3 rings (SSSR count). The van der Waals surface area contributed by atoms with Gasteiger partial charge in [-0.1, -0.05) is 25.5 Å². The van der Waals surface area contributed by atoms with Gasteiger partial charge in [-0.05, 0) is 62.6 Å². The number of hydrogen-bond acceptors (Lipinski definition) is 5. The fourth-order valence-electron chi connectivity index (χ4n) is 4.30. The van der Waals surface area contributed by atoms with Crippen LogP contribution < -0.4 is 10.6 Å². The maximum Gasteiger partial charge on any atom is 0.319 e. The van der Waals surface area contributed by atoms with Crippen molar-refractivity contribution >= 4 is 37.7 Å². The molecule has 2 aliphatic rings. The van der Waals surface area contributed by atoms with E-state index in [1.807, 2.05) is 37.4 Å². The van der Waals surface area contributed by atoms with Crippen LogP contribution in [0, 0.1) is 5.92 Å². The smallest absolute Gasteiger partial charge is 0.319 e. The Morgan fingerprint density at radius 1 is 1.16 bits per heavy atom. The molecule has 2 N–H and O–H groups in total. The first-order chi connectivity index (χ1) is 15.4. The van der Waals surface area contributed by atoms with Crippen LogP contribution in [0.4, 0.5) is 10.5 Å². The number of aliphatic imine (C=N–C) groups is 1. The Labute approximate surface area is 193 Å². The Kier molecular flexibility index (Phi) is 8.37. The molecule has 1 atom stereocenters. The summed E-state index contributed by atoms with van der Waals surface area (Å²) in [7, 11) is 0.0232. The third-order valence-corrected chi connectivity index (χ3v) is 9.04. The summed E-state index contributed by atoms with van der Waals surface area (Å²) in [5.41, 5.74) is 1.80. The fraction of sp³-hybridized carbons (Fsp3) is 0.542. The van der Waals surface area contributed by atoms with Gasteiger partial charge in [0.1, 0.15) is 5.92 Å². The second kappa shape index (κ2) is 11.0. The van der Waals surface area contributed by atoms with Crippen molar-refractivity contribution in [3.63, 3.8) is 0 Å². The van der Waals surface area contributed by atoms with Crippen LogP contribution in [-0.2, 0) is 9.53 Å². The topological polar surface area (TPSA) is 83.0 Å². The SMILES string of the molecule is CCC(C(=O)OC)C1=NC=C(c2ccc(NC(=O)NCCN3CCCCC3)cc2)S1(C)C. The number of benzene rings is 1. The predicted octanol–water partition coefficient (Wildman–Crippen LogP) is 4.27. The van der Waals surface area contributed by atoms with Crippen molar-refractivity contribution < 1.29 is 14.3 Å². The Balaban J connectivity index is 1.55. The van der Waals surface area contributed by atoms with E-state index in [0.29, 0.717) is 13.0 Å².